The van der Waals surface area contributed by atoms with Crippen molar-refractivity contribution in [1.82, 2.24) is 10.2 Å². The van der Waals surface area contributed by atoms with Crippen LogP contribution in [-0.2, 0) is 9.59 Å². The van der Waals surface area contributed by atoms with Crippen molar-refractivity contribution in [1.29, 1.82) is 0 Å². The van der Waals surface area contributed by atoms with E-state index in [0.717, 1.165) is 18.6 Å². The van der Waals surface area contributed by atoms with E-state index in [1.54, 1.807) is 31.4 Å². The molecule has 1 saturated carbocycles. The minimum absolute atomic E-state index is 0.00778. The highest BCUT2D eigenvalue weighted by Gasteiger charge is 2.28. The first-order valence-corrected chi connectivity index (χ1v) is 8.01. The van der Waals surface area contributed by atoms with Gasteiger partial charge in [-0.1, -0.05) is 6.92 Å². The lowest BCUT2D eigenvalue weighted by Gasteiger charge is -2.26. The van der Waals surface area contributed by atoms with Gasteiger partial charge in [-0.2, -0.15) is 0 Å². The Bertz CT molecular complexity index is 541. The lowest BCUT2D eigenvalue weighted by Crippen LogP contribution is -2.48. The first-order valence-electron chi connectivity index (χ1n) is 8.01. The molecule has 6 heteroatoms. The zero-order valence-corrected chi connectivity index (χ0v) is 14.0. The summed E-state index contributed by atoms with van der Waals surface area (Å²) in [6, 6.07) is 7.17. The first-order chi connectivity index (χ1) is 11.0. The number of nitrogens with one attached hydrogen (secondary N) is 2. The van der Waals surface area contributed by atoms with Crippen molar-refractivity contribution < 1.29 is 14.3 Å². The summed E-state index contributed by atoms with van der Waals surface area (Å²) in [5, 5.41) is 5.81. The zero-order valence-electron chi connectivity index (χ0n) is 14.0. The van der Waals surface area contributed by atoms with E-state index >= 15 is 0 Å². The van der Waals surface area contributed by atoms with E-state index in [2.05, 4.69) is 10.6 Å². The molecule has 6 nitrogen and oxygen atoms in total. The number of methoxy groups -OCH3 is 1. The number of nitrogens with zero attached hydrogens (tertiary/aromatic N) is 1. The number of anilines is 1. The van der Waals surface area contributed by atoms with E-state index in [0.29, 0.717) is 18.3 Å². The predicted molar refractivity (Wildman–Crippen MR) is 89.5 cm³/mol. The van der Waals surface area contributed by atoms with Crippen LogP contribution in [0.4, 0.5) is 5.69 Å². The maximum absolute atomic E-state index is 12.2. The molecule has 0 unspecified atom stereocenters. The van der Waals surface area contributed by atoms with Gasteiger partial charge in [0.05, 0.1) is 19.7 Å². The molecule has 1 aromatic carbocycles. The Hall–Kier alpha value is -2.08. The lowest BCUT2D eigenvalue weighted by molar-refractivity contribution is -0.127. The third-order valence-electron chi connectivity index (χ3n) is 3.98. The lowest BCUT2D eigenvalue weighted by atomic mass is 10.2. The number of benzene rings is 1. The van der Waals surface area contributed by atoms with Crippen LogP contribution in [0, 0.1) is 0 Å². The molecule has 2 N–H and O–H groups in total. The Morgan fingerprint density at radius 2 is 1.96 bits per heavy atom. The van der Waals surface area contributed by atoms with Crippen molar-refractivity contribution in [2.45, 2.75) is 38.8 Å². The molecule has 0 aliphatic heterocycles. The number of amides is 2. The summed E-state index contributed by atoms with van der Waals surface area (Å²) >= 11 is 0. The summed E-state index contributed by atoms with van der Waals surface area (Å²) in [5.41, 5.74) is 0.710. The second kappa shape index (κ2) is 7.97. The number of rotatable bonds is 8. The average molecular weight is 319 g/mol. The minimum Gasteiger partial charge on any atom is -0.497 e. The quantitative estimate of drug-likeness (QED) is 0.764. The summed E-state index contributed by atoms with van der Waals surface area (Å²) in [6.45, 7) is 4.60. The second-order valence-corrected chi connectivity index (χ2v) is 5.80. The Balaban J connectivity index is 1.86. The topological polar surface area (TPSA) is 70.7 Å². The number of likely N-dealkylation sites (N-methyl/N-ethyl adjacent to an activating group) is 1. The van der Waals surface area contributed by atoms with Crippen LogP contribution in [0.5, 0.6) is 5.75 Å². The van der Waals surface area contributed by atoms with Gasteiger partial charge in [-0.25, -0.2) is 0 Å². The van der Waals surface area contributed by atoms with Crippen molar-refractivity contribution in [3.05, 3.63) is 24.3 Å². The maximum Gasteiger partial charge on any atom is 0.238 e. The molecule has 1 aromatic rings. The SMILES string of the molecule is CCN(CC(=O)Nc1ccc(OC)cc1)[C@H](C)C(=O)NC1CC1. The first kappa shape index (κ1) is 17.3. The fraction of sp³-hybridized carbons (Fsp3) is 0.529. The highest BCUT2D eigenvalue weighted by molar-refractivity contribution is 5.93. The van der Waals surface area contributed by atoms with Crippen molar-refractivity contribution in [2.75, 3.05) is 25.5 Å². The number of carbonyl (C=O) groups excluding carboxylic acids is 2. The molecule has 1 aliphatic carbocycles. The van der Waals surface area contributed by atoms with Crippen molar-refractivity contribution in [2.24, 2.45) is 0 Å². The summed E-state index contributed by atoms with van der Waals surface area (Å²) < 4.78 is 5.09. The molecule has 0 radical (unpaired) electrons. The van der Waals surface area contributed by atoms with E-state index in [9.17, 15) is 9.59 Å². The van der Waals surface area contributed by atoms with Gasteiger partial charge < -0.3 is 15.4 Å². The third kappa shape index (κ3) is 5.25. The molecule has 0 bridgehead atoms. The van der Waals surface area contributed by atoms with Gasteiger partial charge in [-0.05, 0) is 50.6 Å². The summed E-state index contributed by atoms with van der Waals surface area (Å²) in [4.78, 5) is 26.1. The fourth-order valence-corrected chi connectivity index (χ4v) is 2.30. The standard InChI is InChI=1S/C17H25N3O3/c1-4-20(12(2)17(22)19-14-5-6-14)11-16(21)18-13-7-9-15(23-3)10-8-13/h7-10,12,14H,4-6,11H2,1-3H3,(H,18,21)(H,19,22)/t12-/m1/s1. The number of ether oxygens (including phenoxy) is 1. The van der Waals surface area contributed by atoms with E-state index in [1.165, 1.54) is 0 Å². The smallest absolute Gasteiger partial charge is 0.238 e. The zero-order chi connectivity index (χ0) is 16.8. The van der Waals surface area contributed by atoms with E-state index in [1.807, 2.05) is 18.7 Å². The molecule has 0 aromatic heterocycles. The normalized spacial score (nSPS) is 15.1. The van der Waals surface area contributed by atoms with Gasteiger partial charge in [0.15, 0.2) is 0 Å². The largest absolute Gasteiger partial charge is 0.497 e. The van der Waals surface area contributed by atoms with Gasteiger partial charge in [-0.15, -0.1) is 0 Å². The van der Waals surface area contributed by atoms with Crippen LogP contribution in [0.25, 0.3) is 0 Å². The molecule has 2 rings (SSSR count). The van der Waals surface area contributed by atoms with E-state index in [4.69, 9.17) is 4.74 Å². The number of carbonyl (C=O) groups is 2. The Labute approximate surface area is 137 Å². The molecule has 126 valence electrons. The predicted octanol–water partition coefficient (Wildman–Crippen LogP) is 1.62. The van der Waals surface area contributed by atoms with Gasteiger partial charge in [0, 0.05) is 11.7 Å². The van der Waals surface area contributed by atoms with Crippen LogP contribution in [-0.4, -0.2) is 49.0 Å². The Morgan fingerprint density at radius 3 is 2.48 bits per heavy atom. The van der Waals surface area contributed by atoms with Gasteiger partial charge in [0.25, 0.3) is 0 Å². The Kier molecular flexibility index (Phi) is 5.98. The van der Waals surface area contributed by atoms with Crippen LogP contribution >= 0.6 is 0 Å². The van der Waals surface area contributed by atoms with Gasteiger partial charge in [-0.3, -0.25) is 14.5 Å². The molecule has 0 spiro atoms. The van der Waals surface area contributed by atoms with Crippen LogP contribution in [0.1, 0.15) is 26.7 Å². The molecule has 23 heavy (non-hydrogen) atoms. The molecular formula is C17H25N3O3. The third-order valence-corrected chi connectivity index (χ3v) is 3.98. The van der Waals surface area contributed by atoms with Gasteiger partial charge in [0.1, 0.15) is 5.75 Å². The van der Waals surface area contributed by atoms with Crippen LogP contribution in [0.15, 0.2) is 24.3 Å². The summed E-state index contributed by atoms with van der Waals surface area (Å²) in [5.74, 6) is 0.596. The van der Waals surface area contributed by atoms with Crippen LogP contribution in [0.2, 0.25) is 0 Å². The van der Waals surface area contributed by atoms with Crippen LogP contribution < -0.4 is 15.4 Å². The molecule has 1 atom stereocenters. The van der Waals surface area contributed by atoms with Crippen molar-refractivity contribution >= 4 is 17.5 Å². The highest BCUT2D eigenvalue weighted by atomic mass is 16.5. The van der Waals surface area contributed by atoms with Crippen LogP contribution in [0.3, 0.4) is 0 Å². The van der Waals surface area contributed by atoms with E-state index in [-0.39, 0.29) is 24.4 Å². The summed E-state index contributed by atoms with van der Waals surface area (Å²) in [7, 11) is 1.60. The molecule has 0 saturated heterocycles. The molecular weight excluding hydrogens is 294 g/mol. The molecule has 0 heterocycles. The monoisotopic (exact) mass is 319 g/mol. The second-order valence-electron chi connectivity index (χ2n) is 5.80. The van der Waals surface area contributed by atoms with Gasteiger partial charge in [0.2, 0.25) is 11.8 Å². The molecule has 2 amide bonds. The van der Waals surface area contributed by atoms with E-state index < -0.39 is 0 Å². The number of hydrogen-bond acceptors (Lipinski definition) is 4. The summed E-state index contributed by atoms with van der Waals surface area (Å²) in [6.07, 6.45) is 2.12. The minimum atomic E-state index is -0.317. The van der Waals surface area contributed by atoms with Crippen molar-refractivity contribution in [3.8, 4) is 5.75 Å². The fourth-order valence-electron chi connectivity index (χ4n) is 2.30. The van der Waals surface area contributed by atoms with Crippen molar-refractivity contribution in [3.63, 3.8) is 0 Å². The highest BCUT2D eigenvalue weighted by Crippen LogP contribution is 2.19. The Morgan fingerprint density at radius 1 is 1.30 bits per heavy atom. The molecule has 1 aliphatic rings. The van der Waals surface area contributed by atoms with Gasteiger partial charge >= 0.3 is 0 Å². The average Bonchev–Trinajstić information content (AvgIpc) is 3.36. The maximum atomic E-state index is 12.2. The number of hydrogen-bond donors (Lipinski definition) is 2. The molecule has 1 fully saturated rings.